The van der Waals surface area contributed by atoms with Crippen molar-refractivity contribution in [3.05, 3.63) is 38.8 Å². The van der Waals surface area contributed by atoms with Gasteiger partial charge >= 0.3 is 5.97 Å². The number of ether oxygens (including phenoxy) is 2. The lowest BCUT2D eigenvalue weighted by molar-refractivity contribution is -0.220. The number of rotatable bonds is 13. The van der Waals surface area contributed by atoms with E-state index in [2.05, 4.69) is 5.32 Å². The van der Waals surface area contributed by atoms with Gasteiger partial charge in [0.1, 0.15) is 5.56 Å². The first-order valence-corrected chi connectivity index (χ1v) is 15.0. The van der Waals surface area contributed by atoms with Gasteiger partial charge in [-0.05, 0) is 57.6 Å². The van der Waals surface area contributed by atoms with E-state index in [4.69, 9.17) is 9.47 Å². The molecule has 5 atom stereocenters. The first-order chi connectivity index (χ1) is 18.1. The second-order valence-electron chi connectivity index (χ2n) is 10.4. The third-order valence-corrected chi connectivity index (χ3v) is 8.48. The molecule has 3 rings (SSSR count). The van der Waals surface area contributed by atoms with E-state index >= 15 is 0 Å². The van der Waals surface area contributed by atoms with Crippen molar-refractivity contribution in [2.75, 3.05) is 50.3 Å². The smallest absolute Gasteiger partial charge is 0.341 e. The zero-order valence-electron chi connectivity index (χ0n) is 23.0. The Morgan fingerprint density at radius 2 is 2.03 bits per heavy atom. The van der Waals surface area contributed by atoms with E-state index < -0.39 is 28.5 Å². The molecule has 0 amide bonds. The molecule has 214 valence electrons. The predicted molar refractivity (Wildman–Crippen MR) is 149 cm³/mol. The van der Waals surface area contributed by atoms with Gasteiger partial charge in [-0.1, -0.05) is 12.5 Å². The average molecular weight is 554 g/mol. The first-order valence-electron chi connectivity index (χ1n) is 13.5. The highest BCUT2D eigenvalue weighted by molar-refractivity contribution is 7.85. The average Bonchev–Trinajstić information content (AvgIpc) is 3.05. The molecule has 10 nitrogen and oxygen atoms in total. The van der Waals surface area contributed by atoms with Crippen LogP contribution in [0, 0.1) is 5.92 Å². The lowest BCUT2D eigenvalue weighted by Crippen LogP contribution is -2.44. The van der Waals surface area contributed by atoms with E-state index in [0.717, 1.165) is 43.5 Å². The quantitative estimate of drug-likeness (QED) is 0.313. The van der Waals surface area contributed by atoms with Gasteiger partial charge in [0.2, 0.25) is 5.43 Å². The highest BCUT2D eigenvalue weighted by Gasteiger charge is 2.33. The summed E-state index contributed by atoms with van der Waals surface area (Å²) in [5.74, 6) is -0.0105. The van der Waals surface area contributed by atoms with E-state index in [1.54, 1.807) is 9.69 Å². The minimum atomic E-state index is -1.22. The molecule has 1 aliphatic heterocycles. The summed E-state index contributed by atoms with van der Waals surface area (Å²) in [6, 6.07) is 0. The van der Waals surface area contributed by atoms with Crippen LogP contribution >= 0.6 is 0 Å². The molecule has 2 aliphatic rings. The van der Waals surface area contributed by atoms with Gasteiger partial charge in [0.15, 0.2) is 6.29 Å². The maximum Gasteiger partial charge on any atom is 0.341 e. The van der Waals surface area contributed by atoms with Crippen molar-refractivity contribution >= 4 is 22.8 Å². The van der Waals surface area contributed by atoms with Gasteiger partial charge in [-0.15, -0.1) is 0 Å². The highest BCUT2D eigenvalue weighted by Crippen LogP contribution is 2.26. The fourth-order valence-electron chi connectivity index (χ4n) is 5.25. The van der Waals surface area contributed by atoms with E-state index in [-0.39, 0.29) is 23.7 Å². The van der Waals surface area contributed by atoms with Crippen molar-refractivity contribution in [1.29, 1.82) is 0 Å². The molecule has 0 bridgehead atoms. The van der Waals surface area contributed by atoms with Crippen molar-refractivity contribution in [3.63, 3.8) is 0 Å². The third-order valence-electron chi connectivity index (χ3n) is 7.20. The lowest BCUT2D eigenvalue weighted by atomic mass is 9.94. The number of aliphatic hydroxyl groups excluding tert-OH is 1. The number of carboxylic acid groups (broad SMARTS) is 1. The Bertz CT molecular complexity index is 1060. The number of aliphatic hydroxyl groups is 1. The molecule has 38 heavy (non-hydrogen) atoms. The Labute approximate surface area is 227 Å². The van der Waals surface area contributed by atoms with Crippen molar-refractivity contribution in [2.24, 2.45) is 5.92 Å². The molecule has 3 N–H and O–H groups in total. The summed E-state index contributed by atoms with van der Waals surface area (Å²) in [5.41, 5.74) is 1.84. The van der Waals surface area contributed by atoms with E-state index in [0.29, 0.717) is 43.1 Å². The number of aromatic carboxylic acids is 1. The molecule has 1 aromatic rings. The summed E-state index contributed by atoms with van der Waals surface area (Å²) in [7, 11) is 2.68. The maximum absolute atomic E-state index is 12.9. The van der Waals surface area contributed by atoms with Crippen LogP contribution < -0.4 is 15.8 Å². The van der Waals surface area contributed by atoms with Gasteiger partial charge in [0.25, 0.3) is 0 Å². The fourth-order valence-corrected chi connectivity index (χ4v) is 6.11. The number of carboxylic acids is 1. The number of carbonyl (C=O) groups is 1. The standard InChI is InChI=1S/C27H43N3O7S/c1-18-15-24(31)37-19(2)26(18)36-12-14-38(35)13-11-28-10-6-8-20-7-5-9-23-21(16-20)25(32)22(27(33)34)17-30(23)29(3)4/h16-19,24,26,28,31H,5-15H2,1-4H3,(H,33,34)/t18?,19?,24-,26-,38?/m1/s1. The number of allylic oxidation sites excluding steroid dienone is 1. The molecule has 0 radical (unpaired) electrons. The second-order valence-corrected chi connectivity index (χ2v) is 12.1. The molecule has 2 heterocycles. The van der Waals surface area contributed by atoms with Gasteiger partial charge in [-0.25, -0.2) is 4.79 Å². The Kier molecular flexibility index (Phi) is 11.5. The number of nitrogens with one attached hydrogen (secondary N) is 1. The molecule has 3 unspecified atom stereocenters. The van der Waals surface area contributed by atoms with Crippen LogP contribution in [-0.2, 0) is 26.7 Å². The number of pyridine rings is 1. The van der Waals surface area contributed by atoms with Gasteiger partial charge < -0.3 is 30.0 Å². The molecular weight excluding hydrogens is 510 g/mol. The molecule has 0 aromatic carbocycles. The van der Waals surface area contributed by atoms with Crippen LogP contribution in [0.1, 0.15) is 67.6 Å². The van der Waals surface area contributed by atoms with E-state index in [1.807, 2.05) is 34.0 Å². The van der Waals surface area contributed by atoms with Crippen molar-refractivity contribution in [2.45, 2.75) is 70.9 Å². The number of aromatic nitrogens is 1. The minimum Gasteiger partial charge on any atom is -0.477 e. The van der Waals surface area contributed by atoms with Gasteiger partial charge in [0, 0.05) is 61.1 Å². The molecule has 1 aromatic heterocycles. The molecule has 1 saturated heterocycles. The summed E-state index contributed by atoms with van der Waals surface area (Å²) in [4.78, 5) is 24.5. The minimum absolute atomic E-state index is 0.0970. The number of fused-ring (bicyclic) bond motifs is 1. The van der Waals surface area contributed by atoms with Crippen molar-refractivity contribution in [1.82, 2.24) is 9.99 Å². The second kappa shape index (κ2) is 14.4. The molecule has 1 aliphatic carbocycles. The molecular formula is C27H43N3O7S. The predicted octanol–water partition coefficient (Wildman–Crippen LogP) is 1.73. The Morgan fingerprint density at radius 1 is 1.26 bits per heavy atom. The van der Waals surface area contributed by atoms with Gasteiger partial charge in [-0.2, -0.15) is 0 Å². The summed E-state index contributed by atoms with van der Waals surface area (Å²) < 4.78 is 25.5. The zero-order chi connectivity index (χ0) is 27.8. The third kappa shape index (κ3) is 8.22. The van der Waals surface area contributed by atoms with Gasteiger partial charge in [0.05, 0.1) is 24.5 Å². The summed E-state index contributed by atoms with van der Waals surface area (Å²) >= 11 is 0. The Morgan fingerprint density at radius 3 is 2.71 bits per heavy atom. The van der Waals surface area contributed by atoms with Crippen LogP contribution in [0.2, 0.25) is 0 Å². The SMILES string of the molecule is CC1C[C@H](O)OC(C)[C@@H]1OCCS(=O)CCNCCCC1=Cc2c(n(N(C)C)cc(C(=O)O)c2=O)CCC1. The van der Waals surface area contributed by atoms with Crippen LogP contribution in [0.3, 0.4) is 0 Å². The largest absolute Gasteiger partial charge is 0.477 e. The van der Waals surface area contributed by atoms with E-state index in [1.165, 1.54) is 6.20 Å². The van der Waals surface area contributed by atoms with E-state index in [9.17, 15) is 24.0 Å². The number of hydrogen-bond acceptors (Lipinski definition) is 8. The van der Waals surface area contributed by atoms with Crippen LogP contribution in [0.4, 0.5) is 0 Å². The number of nitrogens with zero attached hydrogens (tertiary/aromatic N) is 2. The molecule has 11 heteroatoms. The molecule has 0 spiro atoms. The topological polar surface area (TPSA) is 130 Å². The maximum atomic E-state index is 12.9. The van der Waals surface area contributed by atoms with Crippen LogP contribution in [0.25, 0.3) is 6.08 Å². The Balaban J connectivity index is 1.41. The van der Waals surface area contributed by atoms with Crippen LogP contribution in [0.5, 0.6) is 0 Å². The monoisotopic (exact) mass is 553 g/mol. The number of hydrogen-bond donors (Lipinski definition) is 3. The molecule has 0 saturated carbocycles. The van der Waals surface area contributed by atoms with Gasteiger partial charge in [-0.3, -0.25) is 13.7 Å². The normalized spacial score (nSPS) is 24.3. The highest BCUT2D eigenvalue weighted by atomic mass is 32.2. The fraction of sp³-hybridized carbons (Fsp3) is 0.704. The van der Waals surface area contributed by atoms with Crippen molar-refractivity contribution < 1.29 is 28.7 Å². The Hall–Kier alpha value is -2.05. The first kappa shape index (κ1) is 30.5. The summed E-state index contributed by atoms with van der Waals surface area (Å²) in [6.07, 6.45) is 7.01. The zero-order valence-corrected chi connectivity index (χ0v) is 23.8. The van der Waals surface area contributed by atoms with Crippen LogP contribution in [-0.4, -0.2) is 88.9 Å². The van der Waals surface area contributed by atoms with Crippen molar-refractivity contribution in [3.8, 4) is 0 Å². The van der Waals surface area contributed by atoms with Crippen LogP contribution in [0.15, 0.2) is 16.6 Å². The molecule has 1 fully saturated rings. The summed E-state index contributed by atoms with van der Waals surface area (Å²) in [5, 5.41) is 24.3. The summed E-state index contributed by atoms with van der Waals surface area (Å²) in [6.45, 7) is 5.74. The lowest BCUT2D eigenvalue weighted by Gasteiger charge is -2.37.